The van der Waals surface area contributed by atoms with Crippen molar-refractivity contribution in [3.05, 3.63) is 29.8 Å². The fourth-order valence-corrected chi connectivity index (χ4v) is 1.11. The van der Waals surface area contributed by atoms with Gasteiger partial charge in [-0.1, -0.05) is 32.9 Å². The number of halogens is 6. The first-order valence-corrected chi connectivity index (χ1v) is 31.2. The standard InChI is InChI=1S/C10H14S.6FHO3Te/c1-10(2,3)8-4-6-9(11)7-5-8;6*1-5(2,3)4/h4-7,11H,1-3H3;6*(H,2,3,4). The van der Waals surface area contributed by atoms with Crippen LogP contribution in [-0.2, 0) is 42.7 Å². The molecule has 0 bridgehead atoms. The summed E-state index contributed by atoms with van der Waals surface area (Å²) in [6, 6.07) is 8.32. The molecule has 0 saturated heterocycles. The van der Waals surface area contributed by atoms with Crippen molar-refractivity contribution in [3.8, 4) is 0 Å². The van der Waals surface area contributed by atoms with Gasteiger partial charge in [0.25, 0.3) is 0 Å². The average molecular weight is 1340 g/mol. The van der Waals surface area contributed by atoms with E-state index in [-0.39, 0.29) is 5.41 Å². The van der Waals surface area contributed by atoms with Crippen LogP contribution in [0.1, 0.15) is 26.3 Å². The van der Waals surface area contributed by atoms with Gasteiger partial charge in [0.05, 0.1) is 0 Å². The summed E-state index contributed by atoms with van der Waals surface area (Å²) >= 11 is -31.9. The Balaban J connectivity index is -0.0000000904. The first kappa shape index (κ1) is 54.7. The van der Waals surface area contributed by atoms with E-state index in [0.717, 1.165) is 4.90 Å². The van der Waals surface area contributed by atoms with Gasteiger partial charge in [0.15, 0.2) is 0 Å². The second kappa shape index (κ2) is 23.6. The molecule has 1 aromatic rings. The number of thiol groups is 1. The molecular weight excluding hydrogens is 1320 g/mol. The fourth-order valence-electron chi connectivity index (χ4n) is 0.961. The molecule has 1 aromatic carbocycles. The third-order valence-corrected chi connectivity index (χ3v) is 2.03. The van der Waals surface area contributed by atoms with Gasteiger partial charge in [0, 0.05) is 4.90 Å². The first-order chi connectivity index (χ1) is 17.0. The van der Waals surface area contributed by atoms with E-state index in [2.05, 4.69) is 45.5 Å². The van der Waals surface area contributed by atoms with E-state index in [1.54, 1.807) is 0 Å². The topological polar surface area (TPSA) is 326 Å². The predicted octanol–water partition coefficient (Wildman–Crippen LogP) is -1.26. The van der Waals surface area contributed by atoms with Crippen LogP contribution in [0.3, 0.4) is 0 Å². The van der Waals surface area contributed by atoms with E-state index in [9.17, 15) is 17.4 Å². The summed E-state index contributed by atoms with van der Waals surface area (Å²) in [6.45, 7) is 6.63. The number of hydrogen-bond donors (Lipinski definition) is 7. The molecule has 0 aliphatic heterocycles. The Morgan fingerprint density at radius 2 is 0.585 bits per heavy atom. The van der Waals surface area contributed by atoms with Crippen LogP contribution in [0.5, 0.6) is 0 Å². The van der Waals surface area contributed by atoms with Crippen molar-refractivity contribution in [2.45, 2.75) is 31.1 Å². The Bertz CT molecular complexity index is 1220. The predicted molar refractivity (Wildman–Crippen MR) is 115 cm³/mol. The van der Waals surface area contributed by atoms with E-state index in [0.29, 0.717) is 0 Å². The first-order valence-electron chi connectivity index (χ1n) is 7.82. The molecule has 252 valence electrons. The molecule has 0 unspecified atom stereocenters. The molecule has 0 aromatic heterocycles. The van der Waals surface area contributed by atoms with Crippen molar-refractivity contribution in [1.29, 1.82) is 0 Å². The maximum absolute atomic E-state index is 10.3. The molecule has 0 aliphatic carbocycles. The molecule has 0 spiro atoms. The van der Waals surface area contributed by atoms with Gasteiger partial charge in [-0.3, -0.25) is 0 Å². The minimum atomic E-state index is -6.02. The number of hydrogen-bond acceptors (Lipinski definition) is 13. The molecule has 0 heterocycles. The fraction of sp³-hybridized carbons (Fsp3) is 0.400. The van der Waals surface area contributed by atoms with Gasteiger partial charge in [-0.15, -0.1) is 12.6 Å². The zero-order valence-corrected chi connectivity index (χ0v) is 34.4. The molecule has 31 heteroatoms. The Morgan fingerprint density at radius 1 is 0.463 bits per heavy atom. The molecule has 0 radical (unpaired) electrons. The van der Waals surface area contributed by atoms with Crippen molar-refractivity contribution in [2.24, 2.45) is 0 Å². The van der Waals surface area contributed by atoms with E-state index in [1.165, 1.54) is 5.56 Å². The van der Waals surface area contributed by atoms with Crippen molar-refractivity contribution >= 4 is 127 Å². The summed E-state index contributed by atoms with van der Waals surface area (Å²) in [5, 5.41) is 0. The SMILES string of the molecule is CC(C)(C)c1ccc(S)cc1.O=[Te](=O)(O)F.O=[Te](=O)(O)F.O=[Te](=O)(O)F.O=[Te](=O)(O)F.O=[Te](=O)(O)F.O=[Te](=O)(O)F. The van der Waals surface area contributed by atoms with E-state index < -0.39 is 115 Å². The number of rotatable bonds is 0. The molecule has 6 N–H and O–H groups in total. The van der Waals surface area contributed by atoms with E-state index in [4.69, 9.17) is 58.1 Å². The van der Waals surface area contributed by atoms with Crippen LogP contribution in [-0.4, -0.2) is 136 Å². The third-order valence-electron chi connectivity index (χ3n) is 1.73. The van der Waals surface area contributed by atoms with Crippen molar-refractivity contribution in [3.63, 3.8) is 0 Å². The summed E-state index contributed by atoms with van der Waals surface area (Å²) in [5.74, 6) is 0. The van der Waals surface area contributed by atoms with Gasteiger partial charge in [-0.05, 0) is 23.1 Å². The van der Waals surface area contributed by atoms with Crippen LogP contribution in [0, 0.1) is 0 Å². The minimum absolute atomic E-state index is 0.251. The Labute approximate surface area is 260 Å². The van der Waals surface area contributed by atoms with Gasteiger partial charge in [-0.2, -0.15) is 0 Å². The molecule has 41 heavy (non-hydrogen) atoms. The van der Waals surface area contributed by atoms with E-state index >= 15 is 0 Å². The van der Waals surface area contributed by atoms with Crippen molar-refractivity contribution in [1.82, 2.24) is 0 Å². The molecular formula is C10H20F6O18STe6. The quantitative estimate of drug-likeness (QED) is 0.0906. The third kappa shape index (κ3) is 214. The van der Waals surface area contributed by atoms with Crippen molar-refractivity contribution < 1.29 is 75.4 Å². The summed E-state index contributed by atoms with van der Waals surface area (Å²) < 4.78 is 207. The Hall–Kier alpha value is 1.25. The molecule has 1 rings (SSSR count). The van der Waals surface area contributed by atoms with Crippen LogP contribution in [0.25, 0.3) is 0 Å². The molecule has 0 saturated carbocycles. The van der Waals surface area contributed by atoms with Gasteiger partial charge in [-0.25, -0.2) is 0 Å². The second-order valence-corrected chi connectivity index (χ2v) is 20.9. The zero-order chi connectivity index (χ0) is 35.5. The van der Waals surface area contributed by atoms with Gasteiger partial charge in [0.1, 0.15) is 0 Å². The van der Waals surface area contributed by atoms with Crippen LogP contribution in [0.4, 0.5) is 17.4 Å². The molecule has 0 amide bonds. The molecule has 0 fully saturated rings. The molecule has 0 aliphatic rings. The summed E-state index contributed by atoms with van der Waals surface area (Å²) in [4.78, 5) is 1.03. The van der Waals surface area contributed by atoms with E-state index in [1.807, 2.05) is 12.1 Å². The Kier molecular flexibility index (Phi) is 31.4. The van der Waals surface area contributed by atoms with Crippen LogP contribution < -0.4 is 0 Å². The van der Waals surface area contributed by atoms with Crippen LogP contribution in [0.2, 0.25) is 0 Å². The second-order valence-electron chi connectivity index (χ2n) is 6.27. The van der Waals surface area contributed by atoms with Crippen LogP contribution in [0.15, 0.2) is 29.2 Å². The number of benzene rings is 1. The van der Waals surface area contributed by atoms with Crippen molar-refractivity contribution in [2.75, 3.05) is 0 Å². The average Bonchev–Trinajstić information content (AvgIpc) is 2.44. The Morgan fingerprint density at radius 3 is 0.683 bits per heavy atom. The molecule has 0 atom stereocenters. The van der Waals surface area contributed by atoms with Gasteiger partial charge < -0.3 is 0 Å². The summed E-state index contributed by atoms with van der Waals surface area (Å²) in [5.41, 5.74) is 1.61. The van der Waals surface area contributed by atoms with Gasteiger partial charge >= 0.3 is 190 Å². The van der Waals surface area contributed by atoms with Crippen LogP contribution >= 0.6 is 12.6 Å². The summed E-state index contributed by atoms with van der Waals surface area (Å²) in [7, 11) is 0. The molecule has 18 nitrogen and oxygen atoms in total. The maximum atomic E-state index is 10.3. The summed E-state index contributed by atoms with van der Waals surface area (Å²) in [6.07, 6.45) is 0. The monoisotopic (exact) mass is 1350 g/mol. The zero-order valence-electron chi connectivity index (χ0n) is 19.6. The normalized spacial score (nSPS) is 11.6. The van der Waals surface area contributed by atoms with Gasteiger partial charge in [0.2, 0.25) is 0 Å².